The van der Waals surface area contributed by atoms with Crippen LogP contribution in [0.3, 0.4) is 0 Å². The smallest absolute Gasteiger partial charge is 0.321 e. The van der Waals surface area contributed by atoms with Crippen LogP contribution in [0.15, 0.2) is 41.5 Å². The van der Waals surface area contributed by atoms with Crippen molar-refractivity contribution >= 4 is 66.0 Å². The Morgan fingerprint density at radius 1 is 1.32 bits per heavy atom. The van der Waals surface area contributed by atoms with Crippen molar-refractivity contribution < 1.29 is 17.8 Å². The standard InChI is InChI=1S/C21H25Cl2N5O4S2/c1-27-9-11-28(12-10-27)8-7-24-19(29)26-20-25-16-5-4-14(13-17(16)33-20)21(23)6-2-3-15(22)18(21)34(30,31)32/h2-6,13,18H,7-12H2,1H3,(H,30,31,32)(H2,24,25,26,29). The summed E-state index contributed by atoms with van der Waals surface area (Å²) in [5.41, 5.74) is 1.05. The highest BCUT2D eigenvalue weighted by Gasteiger charge is 2.47. The number of carbonyl (C=O) groups is 1. The predicted molar refractivity (Wildman–Crippen MR) is 137 cm³/mol. The molecular formula is C21H25Cl2N5O4S2. The average Bonchev–Trinajstić information content (AvgIpc) is 3.15. The van der Waals surface area contributed by atoms with E-state index >= 15 is 0 Å². The molecule has 13 heteroatoms. The zero-order valence-corrected chi connectivity index (χ0v) is 21.5. The van der Waals surface area contributed by atoms with Crippen LogP contribution < -0.4 is 10.6 Å². The number of nitrogens with zero attached hydrogens (tertiary/aromatic N) is 3. The molecule has 0 spiro atoms. The first-order chi connectivity index (χ1) is 16.1. The summed E-state index contributed by atoms with van der Waals surface area (Å²) in [6, 6.07) is 4.66. The molecule has 2 atom stereocenters. The number of allylic oxidation sites excluding steroid dienone is 3. The molecule has 2 unspecified atom stereocenters. The first-order valence-electron chi connectivity index (χ1n) is 10.6. The van der Waals surface area contributed by atoms with Crippen LogP contribution in [0, 0.1) is 0 Å². The fraction of sp³-hybridized carbons (Fsp3) is 0.429. The van der Waals surface area contributed by atoms with Crippen LogP contribution in [0.1, 0.15) is 5.56 Å². The molecule has 1 aromatic heterocycles. The van der Waals surface area contributed by atoms with Crippen LogP contribution in [0.4, 0.5) is 9.93 Å². The molecule has 2 aliphatic rings. The van der Waals surface area contributed by atoms with Crippen LogP contribution >= 0.6 is 34.5 Å². The summed E-state index contributed by atoms with van der Waals surface area (Å²) < 4.78 is 34.5. The van der Waals surface area contributed by atoms with Crippen LogP contribution in [0.2, 0.25) is 0 Å². The number of carbonyl (C=O) groups excluding carboxylic acids is 1. The molecule has 2 amide bonds. The second kappa shape index (κ2) is 10.1. The maximum atomic E-state index is 12.3. The number of alkyl halides is 1. The van der Waals surface area contributed by atoms with E-state index in [0.717, 1.165) is 32.7 Å². The van der Waals surface area contributed by atoms with Gasteiger partial charge in [0.1, 0.15) is 10.1 Å². The van der Waals surface area contributed by atoms with E-state index in [1.54, 1.807) is 24.3 Å². The first kappa shape index (κ1) is 25.4. The van der Waals surface area contributed by atoms with Gasteiger partial charge in [0.2, 0.25) is 0 Å². The molecule has 0 bridgehead atoms. The SMILES string of the molecule is CN1CCN(CCNC(=O)Nc2nc3ccc(C4(Cl)C=CC=C(Cl)C4S(=O)(=O)O)cc3s2)CC1. The Bertz CT molecular complexity index is 1240. The normalized spacial score (nSPS) is 24.2. The lowest BCUT2D eigenvalue weighted by Crippen LogP contribution is -2.47. The lowest BCUT2D eigenvalue weighted by Gasteiger charge is -2.33. The number of rotatable bonds is 6. The highest BCUT2D eigenvalue weighted by molar-refractivity contribution is 7.86. The molecular weight excluding hydrogens is 521 g/mol. The number of likely N-dealkylation sites (N-methyl/N-ethyl adjacent to an activating group) is 1. The largest absolute Gasteiger partial charge is 0.337 e. The van der Waals surface area contributed by atoms with Crippen molar-refractivity contribution in [2.24, 2.45) is 0 Å². The third-order valence-corrected chi connectivity index (χ3v) is 9.21. The van der Waals surface area contributed by atoms with Crippen molar-refractivity contribution in [1.82, 2.24) is 20.1 Å². The second-order valence-corrected chi connectivity index (χ2v) is 11.9. The number of fused-ring (bicyclic) bond motifs is 1. The maximum Gasteiger partial charge on any atom is 0.321 e. The van der Waals surface area contributed by atoms with Crippen LogP contribution in [0.5, 0.6) is 0 Å². The number of nitrogens with one attached hydrogen (secondary N) is 2. The average molecular weight is 547 g/mol. The van der Waals surface area contributed by atoms with Crippen LogP contribution in [-0.2, 0) is 15.0 Å². The molecule has 0 saturated carbocycles. The van der Waals surface area contributed by atoms with Gasteiger partial charge in [0.25, 0.3) is 10.1 Å². The van der Waals surface area contributed by atoms with Gasteiger partial charge in [0.15, 0.2) is 5.13 Å². The molecule has 1 saturated heterocycles. The highest BCUT2D eigenvalue weighted by atomic mass is 35.5. The quantitative estimate of drug-likeness (QED) is 0.377. The van der Waals surface area contributed by atoms with Crippen LogP contribution in [0.25, 0.3) is 10.2 Å². The predicted octanol–water partition coefficient (Wildman–Crippen LogP) is 3.05. The molecule has 34 heavy (non-hydrogen) atoms. The van der Waals surface area contributed by atoms with E-state index in [1.807, 2.05) is 0 Å². The molecule has 1 aliphatic heterocycles. The summed E-state index contributed by atoms with van der Waals surface area (Å²) in [5.74, 6) is 0. The van der Waals surface area contributed by atoms with Gasteiger partial charge in [-0.25, -0.2) is 9.78 Å². The summed E-state index contributed by atoms with van der Waals surface area (Å²) in [4.78, 5) is 19.7. The lowest BCUT2D eigenvalue weighted by molar-refractivity contribution is 0.155. The van der Waals surface area contributed by atoms with Gasteiger partial charge in [-0.05, 0) is 30.8 Å². The van der Waals surface area contributed by atoms with E-state index < -0.39 is 20.2 Å². The zero-order chi connectivity index (χ0) is 24.5. The van der Waals surface area contributed by atoms with Crippen molar-refractivity contribution in [3.8, 4) is 0 Å². The molecule has 2 heterocycles. The third kappa shape index (κ3) is 5.56. The van der Waals surface area contributed by atoms with Gasteiger partial charge in [0.05, 0.1) is 10.2 Å². The molecule has 2 aromatic rings. The number of urea groups is 1. The van der Waals surface area contributed by atoms with Crippen molar-refractivity contribution in [1.29, 1.82) is 0 Å². The molecule has 184 valence electrons. The fourth-order valence-corrected chi connectivity index (χ4v) is 7.21. The Morgan fingerprint density at radius 2 is 2.06 bits per heavy atom. The van der Waals surface area contributed by atoms with E-state index in [1.165, 1.54) is 23.5 Å². The van der Waals surface area contributed by atoms with Crippen molar-refractivity contribution in [2.75, 3.05) is 51.6 Å². The lowest BCUT2D eigenvalue weighted by atomic mass is 9.90. The Hall–Kier alpha value is -1.73. The van der Waals surface area contributed by atoms with E-state index in [4.69, 9.17) is 23.2 Å². The molecule has 0 radical (unpaired) electrons. The Morgan fingerprint density at radius 3 is 2.76 bits per heavy atom. The summed E-state index contributed by atoms with van der Waals surface area (Å²) in [5, 5.41) is 4.36. The van der Waals surface area contributed by atoms with Gasteiger partial charge in [-0.1, -0.05) is 41.2 Å². The maximum absolute atomic E-state index is 12.3. The van der Waals surface area contributed by atoms with Gasteiger partial charge in [-0.2, -0.15) is 8.42 Å². The minimum atomic E-state index is -4.58. The molecule has 3 N–H and O–H groups in total. The number of anilines is 1. The van der Waals surface area contributed by atoms with E-state index in [2.05, 4.69) is 32.5 Å². The summed E-state index contributed by atoms with van der Waals surface area (Å²) in [6.07, 6.45) is 4.41. The van der Waals surface area contributed by atoms with E-state index in [0.29, 0.717) is 27.5 Å². The number of thiazole rings is 1. The molecule has 9 nitrogen and oxygen atoms in total. The monoisotopic (exact) mass is 545 g/mol. The van der Waals surface area contributed by atoms with E-state index in [-0.39, 0.29) is 11.1 Å². The van der Waals surface area contributed by atoms with Crippen molar-refractivity contribution in [3.63, 3.8) is 0 Å². The first-order valence-corrected chi connectivity index (χ1v) is 13.7. The van der Waals surface area contributed by atoms with Crippen molar-refractivity contribution in [2.45, 2.75) is 10.1 Å². The van der Waals surface area contributed by atoms with Gasteiger partial charge < -0.3 is 10.2 Å². The molecule has 1 fully saturated rings. The number of hydrogen-bond donors (Lipinski definition) is 3. The number of halogens is 2. The Balaban J connectivity index is 1.43. The highest BCUT2D eigenvalue weighted by Crippen LogP contribution is 2.45. The molecule has 1 aromatic carbocycles. The van der Waals surface area contributed by atoms with Crippen molar-refractivity contribution in [3.05, 3.63) is 47.0 Å². The number of piperazine rings is 1. The Kier molecular flexibility index (Phi) is 7.53. The van der Waals surface area contributed by atoms with Crippen LogP contribution in [-0.4, -0.2) is 85.4 Å². The third-order valence-electron chi connectivity index (χ3n) is 5.88. The topological polar surface area (TPSA) is 115 Å². The second-order valence-electron chi connectivity index (χ2n) is 8.30. The molecule has 1 aliphatic carbocycles. The summed E-state index contributed by atoms with van der Waals surface area (Å²) in [6.45, 7) is 5.31. The minimum Gasteiger partial charge on any atom is -0.337 e. The fourth-order valence-electron chi connectivity index (χ4n) is 4.02. The number of benzene rings is 1. The minimum absolute atomic E-state index is 0.0833. The Labute approximate surface area is 212 Å². The molecule has 4 rings (SSSR count). The summed E-state index contributed by atoms with van der Waals surface area (Å²) in [7, 11) is -2.48. The van der Waals surface area contributed by atoms with Gasteiger partial charge >= 0.3 is 6.03 Å². The number of amides is 2. The van der Waals surface area contributed by atoms with E-state index in [9.17, 15) is 17.8 Å². The van der Waals surface area contributed by atoms with Gasteiger partial charge in [-0.15, -0.1) is 11.6 Å². The number of aromatic nitrogens is 1. The van der Waals surface area contributed by atoms with Gasteiger partial charge in [0, 0.05) is 44.3 Å². The van der Waals surface area contributed by atoms with Gasteiger partial charge in [-0.3, -0.25) is 14.8 Å². The summed E-state index contributed by atoms with van der Waals surface area (Å²) >= 11 is 14.0. The number of hydrogen-bond acceptors (Lipinski definition) is 7. The zero-order valence-electron chi connectivity index (χ0n) is 18.4.